The van der Waals surface area contributed by atoms with Crippen LogP contribution in [0.25, 0.3) is 0 Å². The van der Waals surface area contributed by atoms with E-state index in [0.717, 1.165) is 0 Å². The minimum absolute atomic E-state index is 0.278. The Labute approximate surface area is 133 Å². The number of benzene rings is 1. The maximum absolute atomic E-state index is 11.7. The van der Waals surface area contributed by atoms with Crippen LogP contribution in [-0.4, -0.2) is 27.3 Å². The number of aromatic nitrogens is 1. The number of nitrogens with zero attached hydrogens (tertiary/aromatic N) is 1. The summed E-state index contributed by atoms with van der Waals surface area (Å²) < 4.78 is 16.6. The van der Waals surface area contributed by atoms with Gasteiger partial charge in [0, 0.05) is 23.6 Å². The van der Waals surface area contributed by atoms with Crippen LogP contribution in [-0.2, 0) is 9.30 Å². The Morgan fingerprint density at radius 2 is 2.00 bits per heavy atom. The second-order valence-electron chi connectivity index (χ2n) is 4.72. The molecule has 0 saturated heterocycles. The van der Waals surface area contributed by atoms with E-state index in [4.69, 9.17) is 4.74 Å². The second-order valence-corrected chi connectivity index (χ2v) is 6.41. The van der Waals surface area contributed by atoms with E-state index in [2.05, 4.69) is 10.3 Å². The lowest BCUT2D eigenvalue weighted by Gasteiger charge is -2.21. The molecule has 0 aliphatic carbocycles. The first-order chi connectivity index (χ1) is 10.9. The highest BCUT2D eigenvalue weighted by molar-refractivity contribution is 7.52. The van der Waals surface area contributed by atoms with Crippen LogP contribution < -0.4 is 5.32 Å². The number of ether oxygens (including phenoxy) is 1. The topological polar surface area (TPSA) is 109 Å². The molecule has 0 aliphatic rings. The van der Waals surface area contributed by atoms with Crippen molar-refractivity contribution in [2.75, 3.05) is 11.9 Å². The van der Waals surface area contributed by atoms with Gasteiger partial charge in [0.25, 0.3) is 0 Å². The molecular weight excluding hydrogens is 319 g/mol. The number of rotatable bonds is 6. The number of carbonyl (C=O) groups is 1. The van der Waals surface area contributed by atoms with Gasteiger partial charge in [-0.3, -0.25) is 9.55 Å². The van der Waals surface area contributed by atoms with E-state index in [1.54, 1.807) is 31.2 Å². The van der Waals surface area contributed by atoms with Crippen LogP contribution >= 0.6 is 7.60 Å². The fourth-order valence-corrected chi connectivity index (χ4v) is 2.83. The normalized spacial score (nSPS) is 12.5. The Balaban J connectivity index is 2.21. The molecule has 7 nitrogen and oxygen atoms in total. The number of hydrogen-bond acceptors (Lipinski definition) is 5. The zero-order valence-electron chi connectivity index (χ0n) is 12.4. The molecule has 0 aliphatic heterocycles. The van der Waals surface area contributed by atoms with E-state index < -0.39 is 19.3 Å². The summed E-state index contributed by atoms with van der Waals surface area (Å²) >= 11 is 0. The molecule has 1 aromatic carbocycles. The van der Waals surface area contributed by atoms with E-state index >= 15 is 0 Å². The molecule has 1 aromatic heterocycles. The molecule has 0 amide bonds. The smallest absolute Gasteiger partial charge is 0.352 e. The third-order valence-electron chi connectivity index (χ3n) is 3.04. The summed E-state index contributed by atoms with van der Waals surface area (Å²) in [5.41, 5.74) is 1.21. The first-order valence-corrected chi connectivity index (χ1v) is 8.59. The lowest BCUT2D eigenvalue weighted by molar-refractivity contribution is 0.0526. The number of esters is 1. The van der Waals surface area contributed by atoms with Crippen LogP contribution in [0.4, 0.5) is 5.69 Å². The Bertz CT molecular complexity index is 700. The van der Waals surface area contributed by atoms with Crippen LogP contribution in [0.1, 0.15) is 28.6 Å². The maximum Gasteiger partial charge on any atom is 0.352 e. The summed E-state index contributed by atoms with van der Waals surface area (Å²) in [6.07, 6.45) is 2.91. The van der Waals surface area contributed by atoms with Crippen molar-refractivity contribution < 1.29 is 23.9 Å². The van der Waals surface area contributed by atoms with Gasteiger partial charge in [-0.15, -0.1) is 0 Å². The van der Waals surface area contributed by atoms with E-state index in [-0.39, 0.29) is 6.61 Å². The molecule has 23 heavy (non-hydrogen) atoms. The van der Waals surface area contributed by atoms with Crippen LogP contribution in [0.5, 0.6) is 0 Å². The molecule has 0 radical (unpaired) electrons. The third-order valence-corrected chi connectivity index (χ3v) is 4.14. The van der Waals surface area contributed by atoms with Crippen molar-refractivity contribution in [1.29, 1.82) is 0 Å². The average molecular weight is 336 g/mol. The van der Waals surface area contributed by atoms with Crippen LogP contribution in [0, 0.1) is 0 Å². The van der Waals surface area contributed by atoms with E-state index in [9.17, 15) is 19.1 Å². The molecule has 0 bridgehead atoms. The lowest BCUT2D eigenvalue weighted by atomic mass is 10.2. The molecular formula is C15H17N2O5P. The summed E-state index contributed by atoms with van der Waals surface area (Å²) in [4.78, 5) is 34.6. The minimum atomic E-state index is -4.45. The zero-order valence-corrected chi connectivity index (χ0v) is 13.3. The summed E-state index contributed by atoms with van der Waals surface area (Å²) in [6, 6.07) is 9.36. The molecule has 8 heteroatoms. The highest BCUT2D eigenvalue weighted by Crippen LogP contribution is 2.51. The minimum Gasteiger partial charge on any atom is -0.462 e. The predicted octanol–water partition coefficient (Wildman–Crippen LogP) is 2.55. The largest absolute Gasteiger partial charge is 0.462 e. The van der Waals surface area contributed by atoms with Crippen molar-refractivity contribution in [1.82, 2.24) is 4.98 Å². The summed E-state index contributed by atoms with van der Waals surface area (Å²) in [6.45, 7) is 1.99. The number of anilines is 1. The molecule has 0 saturated carbocycles. The van der Waals surface area contributed by atoms with Crippen molar-refractivity contribution in [2.24, 2.45) is 0 Å². The molecule has 0 spiro atoms. The van der Waals surface area contributed by atoms with Crippen LogP contribution in [0.3, 0.4) is 0 Å². The SMILES string of the molecule is CCOC(=O)c1ccc(NC(c2cccnc2)P(=O)(O)O)cc1. The first-order valence-electron chi connectivity index (χ1n) is 6.90. The van der Waals surface area contributed by atoms with Crippen molar-refractivity contribution in [3.8, 4) is 0 Å². The lowest BCUT2D eigenvalue weighted by Crippen LogP contribution is -2.12. The van der Waals surface area contributed by atoms with Crippen molar-refractivity contribution in [3.05, 3.63) is 59.9 Å². The highest BCUT2D eigenvalue weighted by atomic mass is 31.2. The van der Waals surface area contributed by atoms with Crippen LogP contribution in [0.15, 0.2) is 48.8 Å². The van der Waals surface area contributed by atoms with Crippen LogP contribution in [0.2, 0.25) is 0 Å². The Hall–Kier alpha value is -2.21. The molecule has 1 heterocycles. The summed E-state index contributed by atoms with van der Waals surface area (Å²) in [5.74, 6) is -1.66. The fraction of sp³-hybridized carbons (Fsp3) is 0.200. The van der Waals surface area contributed by atoms with Gasteiger partial charge in [0.1, 0.15) is 0 Å². The van der Waals surface area contributed by atoms with Gasteiger partial charge in [-0.2, -0.15) is 0 Å². The number of nitrogens with one attached hydrogen (secondary N) is 1. The fourth-order valence-electron chi connectivity index (χ4n) is 1.97. The number of hydrogen-bond donors (Lipinski definition) is 3. The first kappa shape index (κ1) is 17.1. The van der Waals surface area contributed by atoms with Gasteiger partial charge in [0.2, 0.25) is 0 Å². The molecule has 1 unspecified atom stereocenters. The van der Waals surface area contributed by atoms with E-state index in [0.29, 0.717) is 16.8 Å². The molecule has 0 fully saturated rings. The predicted molar refractivity (Wildman–Crippen MR) is 85.0 cm³/mol. The van der Waals surface area contributed by atoms with Gasteiger partial charge in [-0.05, 0) is 37.3 Å². The third kappa shape index (κ3) is 4.63. The number of carbonyl (C=O) groups excluding carboxylic acids is 1. The van der Waals surface area contributed by atoms with Gasteiger partial charge >= 0.3 is 13.6 Å². The van der Waals surface area contributed by atoms with Crippen molar-refractivity contribution in [3.63, 3.8) is 0 Å². The molecule has 2 rings (SSSR count). The second kappa shape index (κ2) is 7.37. The van der Waals surface area contributed by atoms with Gasteiger partial charge in [0.05, 0.1) is 12.2 Å². The molecule has 2 aromatic rings. The molecule has 3 N–H and O–H groups in total. The van der Waals surface area contributed by atoms with Gasteiger partial charge < -0.3 is 19.8 Å². The maximum atomic E-state index is 11.7. The Kier molecular flexibility index (Phi) is 5.50. The summed E-state index contributed by atoms with van der Waals surface area (Å²) in [7, 11) is -4.45. The van der Waals surface area contributed by atoms with E-state index in [1.807, 2.05) is 0 Å². The summed E-state index contributed by atoms with van der Waals surface area (Å²) in [5, 5.41) is 2.78. The standard InChI is InChI=1S/C15H17N2O5P/c1-2-22-15(18)11-5-7-13(8-6-11)17-14(23(19,20)21)12-4-3-9-16-10-12/h3-10,14,17H,2H2,1H3,(H2,19,20,21). The van der Waals surface area contributed by atoms with Crippen molar-refractivity contribution >= 4 is 19.3 Å². The Morgan fingerprint density at radius 1 is 1.30 bits per heavy atom. The van der Waals surface area contributed by atoms with E-state index in [1.165, 1.54) is 24.5 Å². The van der Waals surface area contributed by atoms with Gasteiger partial charge in [0.15, 0.2) is 5.78 Å². The van der Waals surface area contributed by atoms with Gasteiger partial charge in [-0.25, -0.2) is 4.79 Å². The monoisotopic (exact) mass is 336 g/mol. The number of pyridine rings is 1. The highest BCUT2D eigenvalue weighted by Gasteiger charge is 2.30. The average Bonchev–Trinajstić information content (AvgIpc) is 2.53. The van der Waals surface area contributed by atoms with Crippen molar-refractivity contribution in [2.45, 2.75) is 12.7 Å². The molecule has 1 atom stereocenters. The quantitative estimate of drug-likeness (QED) is 0.549. The molecule has 122 valence electrons. The van der Waals surface area contributed by atoms with Gasteiger partial charge in [-0.1, -0.05) is 6.07 Å². The zero-order chi connectivity index (χ0) is 16.9. The Morgan fingerprint density at radius 3 is 2.52 bits per heavy atom.